The van der Waals surface area contributed by atoms with Crippen LogP contribution in [0, 0.1) is 0 Å². The maximum atomic E-state index is 6.85. The van der Waals surface area contributed by atoms with E-state index in [-0.39, 0.29) is 0 Å². The van der Waals surface area contributed by atoms with Crippen LogP contribution in [0.5, 0.6) is 0 Å². The van der Waals surface area contributed by atoms with Crippen LogP contribution in [0.2, 0.25) is 0 Å². The topological polar surface area (TPSA) is 29.5 Å². The van der Waals surface area contributed by atoms with E-state index in [1.165, 1.54) is 16.2 Å². The predicted octanol–water partition coefficient (Wildman–Crippen LogP) is 12.9. The van der Waals surface area contributed by atoms with E-state index < -0.39 is 0 Å². The summed E-state index contributed by atoms with van der Waals surface area (Å²) >= 11 is 0. The molecule has 3 heteroatoms. The Balaban J connectivity index is 1.21. The molecule has 8 aromatic carbocycles. The molecule has 0 aliphatic heterocycles. The first-order chi connectivity index (χ1) is 23.3. The number of nitrogens with zero attached hydrogens (tertiary/aromatic N) is 1. The largest absolute Gasteiger partial charge is 0.456 e. The van der Waals surface area contributed by atoms with Gasteiger partial charge in [0.25, 0.3) is 0 Å². The molecule has 220 valence electrons. The van der Waals surface area contributed by atoms with Crippen molar-refractivity contribution in [3.63, 3.8) is 0 Å². The number of furan rings is 2. The van der Waals surface area contributed by atoms with Gasteiger partial charge < -0.3 is 13.7 Å². The van der Waals surface area contributed by atoms with Crippen LogP contribution in [-0.2, 0) is 0 Å². The Morgan fingerprint density at radius 1 is 0.362 bits per heavy atom. The molecule has 0 fully saturated rings. The number of hydrogen-bond acceptors (Lipinski definition) is 3. The maximum Gasteiger partial charge on any atom is 0.159 e. The lowest BCUT2D eigenvalue weighted by Gasteiger charge is -2.27. The van der Waals surface area contributed by atoms with Gasteiger partial charge in [-0.05, 0) is 64.4 Å². The van der Waals surface area contributed by atoms with Gasteiger partial charge in [-0.1, -0.05) is 121 Å². The molecule has 3 nitrogen and oxygen atoms in total. The predicted molar refractivity (Wildman–Crippen MR) is 196 cm³/mol. The van der Waals surface area contributed by atoms with E-state index >= 15 is 0 Å². The molecule has 0 bridgehead atoms. The first kappa shape index (κ1) is 26.0. The molecule has 0 amide bonds. The van der Waals surface area contributed by atoms with Crippen molar-refractivity contribution in [3.05, 3.63) is 164 Å². The Morgan fingerprint density at radius 3 is 1.85 bits per heavy atom. The highest BCUT2D eigenvalue weighted by atomic mass is 16.3. The van der Waals surface area contributed by atoms with Gasteiger partial charge in [-0.25, -0.2) is 0 Å². The van der Waals surface area contributed by atoms with E-state index in [0.29, 0.717) is 0 Å². The summed E-state index contributed by atoms with van der Waals surface area (Å²) in [6.45, 7) is 0. The molecule has 0 saturated heterocycles. The van der Waals surface area contributed by atoms with E-state index in [1.54, 1.807) is 0 Å². The molecular formula is C44H27NO2. The lowest BCUT2D eigenvalue weighted by atomic mass is 9.99. The highest BCUT2D eigenvalue weighted by Gasteiger charge is 2.22. The fourth-order valence-electron chi connectivity index (χ4n) is 7.30. The zero-order valence-corrected chi connectivity index (χ0v) is 25.4. The summed E-state index contributed by atoms with van der Waals surface area (Å²) in [5, 5.41) is 9.14. The quantitative estimate of drug-likeness (QED) is 0.201. The minimum Gasteiger partial charge on any atom is -0.456 e. The van der Waals surface area contributed by atoms with Gasteiger partial charge in [0.15, 0.2) is 5.58 Å². The van der Waals surface area contributed by atoms with Crippen LogP contribution in [0.4, 0.5) is 17.1 Å². The van der Waals surface area contributed by atoms with Crippen molar-refractivity contribution < 1.29 is 8.83 Å². The van der Waals surface area contributed by atoms with Gasteiger partial charge in [-0.15, -0.1) is 0 Å². The molecule has 2 heterocycles. The van der Waals surface area contributed by atoms with E-state index in [9.17, 15) is 0 Å². The average Bonchev–Trinajstić information content (AvgIpc) is 3.72. The van der Waals surface area contributed by atoms with Gasteiger partial charge in [-0.3, -0.25) is 0 Å². The standard InChI is InChI=1S/C44H27NO2/c1-3-13-32-28(10-1)12-7-18-38(32)45(39-19-8-17-35-36-27-24-29-11-2-4-14-34(29)43(36)47-44(35)39)31-25-22-30(23-26-31)33-16-9-21-41-42(33)37-15-5-6-20-40(37)46-41/h1-27H. The molecular weight excluding hydrogens is 574 g/mol. The average molecular weight is 602 g/mol. The summed E-state index contributed by atoms with van der Waals surface area (Å²) in [5.74, 6) is 0. The van der Waals surface area contributed by atoms with Gasteiger partial charge in [0.05, 0.1) is 11.4 Å². The molecule has 0 aliphatic carbocycles. The first-order valence-corrected chi connectivity index (χ1v) is 15.9. The monoisotopic (exact) mass is 601 g/mol. The highest BCUT2D eigenvalue weighted by molar-refractivity contribution is 6.18. The molecule has 0 radical (unpaired) electrons. The Labute approximate surface area is 270 Å². The number of benzene rings is 8. The number of rotatable bonds is 4. The fraction of sp³-hybridized carbons (Fsp3) is 0. The lowest BCUT2D eigenvalue weighted by Crippen LogP contribution is -2.10. The van der Waals surface area contributed by atoms with Crippen LogP contribution >= 0.6 is 0 Å². The number of para-hydroxylation sites is 2. The van der Waals surface area contributed by atoms with Crippen molar-refractivity contribution >= 4 is 82.5 Å². The summed E-state index contributed by atoms with van der Waals surface area (Å²) in [5.41, 5.74) is 9.01. The SMILES string of the molecule is c1ccc2c(N(c3ccc(-c4cccc5oc6ccccc6c45)cc3)c3cccc4c3oc3c5ccccc5ccc43)cccc2c1. The van der Waals surface area contributed by atoms with Crippen molar-refractivity contribution in [1.82, 2.24) is 0 Å². The van der Waals surface area contributed by atoms with E-state index in [2.05, 4.69) is 150 Å². The molecule has 10 aromatic rings. The van der Waals surface area contributed by atoms with Gasteiger partial charge in [0, 0.05) is 38.0 Å². The summed E-state index contributed by atoms with van der Waals surface area (Å²) in [7, 11) is 0. The third-order valence-corrected chi connectivity index (χ3v) is 9.46. The lowest BCUT2D eigenvalue weighted by molar-refractivity contribution is 0.669. The second-order valence-electron chi connectivity index (χ2n) is 12.1. The summed E-state index contributed by atoms with van der Waals surface area (Å²) in [6.07, 6.45) is 0. The second-order valence-corrected chi connectivity index (χ2v) is 12.1. The summed E-state index contributed by atoms with van der Waals surface area (Å²) in [6, 6.07) is 57.8. The number of hydrogen-bond donors (Lipinski definition) is 0. The maximum absolute atomic E-state index is 6.85. The van der Waals surface area contributed by atoms with Crippen molar-refractivity contribution in [2.75, 3.05) is 4.90 Å². The van der Waals surface area contributed by atoms with Crippen molar-refractivity contribution in [2.45, 2.75) is 0 Å². The van der Waals surface area contributed by atoms with Crippen LogP contribution in [0.3, 0.4) is 0 Å². The summed E-state index contributed by atoms with van der Waals surface area (Å²) < 4.78 is 13.1. The van der Waals surface area contributed by atoms with Crippen LogP contribution in [-0.4, -0.2) is 0 Å². The van der Waals surface area contributed by atoms with Crippen LogP contribution < -0.4 is 4.90 Å². The van der Waals surface area contributed by atoms with Crippen LogP contribution in [0.25, 0.3) is 76.5 Å². The smallest absolute Gasteiger partial charge is 0.159 e. The Kier molecular flexibility index (Phi) is 5.57. The third kappa shape index (κ3) is 3.93. The van der Waals surface area contributed by atoms with E-state index in [0.717, 1.165) is 77.5 Å². The zero-order chi connectivity index (χ0) is 30.9. The van der Waals surface area contributed by atoms with Gasteiger partial charge in [-0.2, -0.15) is 0 Å². The molecule has 47 heavy (non-hydrogen) atoms. The molecule has 0 aliphatic rings. The Hall–Kier alpha value is -6.32. The molecule has 10 rings (SSSR count). The molecule has 0 atom stereocenters. The van der Waals surface area contributed by atoms with E-state index in [4.69, 9.17) is 8.83 Å². The first-order valence-electron chi connectivity index (χ1n) is 15.9. The van der Waals surface area contributed by atoms with Crippen molar-refractivity contribution in [2.24, 2.45) is 0 Å². The zero-order valence-electron chi connectivity index (χ0n) is 25.4. The Bertz CT molecular complexity index is 2800. The van der Waals surface area contributed by atoms with E-state index in [1.807, 2.05) is 18.2 Å². The summed E-state index contributed by atoms with van der Waals surface area (Å²) in [4.78, 5) is 2.34. The minimum atomic E-state index is 0.866. The van der Waals surface area contributed by atoms with Crippen LogP contribution in [0.1, 0.15) is 0 Å². The molecule has 0 spiro atoms. The Morgan fingerprint density at radius 2 is 0.979 bits per heavy atom. The van der Waals surface area contributed by atoms with Crippen LogP contribution in [0.15, 0.2) is 173 Å². The van der Waals surface area contributed by atoms with Crippen molar-refractivity contribution in [3.8, 4) is 11.1 Å². The second kappa shape index (κ2) is 10.1. The highest BCUT2D eigenvalue weighted by Crippen LogP contribution is 2.46. The van der Waals surface area contributed by atoms with Gasteiger partial charge in [0.1, 0.15) is 16.7 Å². The van der Waals surface area contributed by atoms with Crippen molar-refractivity contribution in [1.29, 1.82) is 0 Å². The number of fused-ring (bicyclic) bond motifs is 9. The third-order valence-electron chi connectivity index (χ3n) is 9.46. The fourth-order valence-corrected chi connectivity index (χ4v) is 7.30. The van der Waals surface area contributed by atoms with Gasteiger partial charge in [0.2, 0.25) is 0 Å². The molecule has 0 unspecified atom stereocenters. The molecule has 0 N–H and O–H groups in total. The molecule has 2 aromatic heterocycles. The minimum absolute atomic E-state index is 0.866. The molecule has 0 saturated carbocycles. The number of anilines is 3. The van der Waals surface area contributed by atoms with Gasteiger partial charge >= 0.3 is 0 Å². The normalized spacial score (nSPS) is 11.8.